The lowest BCUT2D eigenvalue weighted by molar-refractivity contribution is -0.169. The Labute approximate surface area is 196 Å². The van der Waals surface area contributed by atoms with Gasteiger partial charge in [0.2, 0.25) is 0 Å². The lowest BCUT2D eigenvalue weighted by atomic mass is 9.86. The number of benzene rings is 1. The van der Waals surface area contributed by atoms with Crippen LogP contribution in [-0.2, 0) is 43.8 Å². The van der Waals surface area contributed by atoms with Gasteiger partial charge in [0.1, 0.15) is 12.4 Å². The number of ether oxygens (including phenoxy) is 2. The van der Waals surface area contributed by atoms with Gasteiger partial charge >= 0.3 is 14.2 Å². The summed E-state index contributed by atoms with van der Waals surface area (Å²) in [5.74, 6) is -0.130. The van der Waals surface area contributed by atoms with Crippen LogP contribution < -0.4 is 10.3 Å². The normalized spacial score (nSPS) is 19.4. The van der Waals surface area contributed by atoms with Crippen LogP contribution in [0.4, 0.5) is 0 Å². The molecule has 10 heteroatoms. The number of aromatic nitrogens is 2. The average molecular weight is 484 g/mol. The molecule has 2 aromatic heterocycles. The van der Waals surface area contributed by atoms with Crippen molar-refractivity contribution >= 4 is 25.1 Å². The zero-order valence-corrected chi connectivity index (χ0v) is 20.1. The largest absolute Gasteiger partial charge is 0.496 e. The van der Waals surface area contributed by atoms with Crippen LogP contribution in [0.25, 0.3) is 22.3 Å². The van der Waals surface area contributed by atoms with Gasteiger partial charge in [-0.15, -0.1) is 0 Å². The van der Waals surface area contributed by atoms with Crippen LogP contribution in [0.5, 0.6) is 5.75 Å². The zero-order valence-electron chi connectivity index (χ0n) is 19.1. The summed E-state index contributed by atoms with van der Waals surface area (Å²) in [5.41, 5.74) is 2.07. The fourth-order valence-corrected chi connectivity index (χ4v) is 5.71. The third kappa shape index (κ3) is 3.22. The highest BCUT2D eigenvalue weighted by molar-refractivity contribution is 7.32. The van der Waals surface area contributed by atoms with Crippen molar-refractivity contribution in [3.8, 4) is 17.1 Å². The molecule has 34 heavy (non-hydrogen) atoms. The smallest absolute Gasteiger partial charge is 0.344 e. The van der Waals surface area contributed by atoms with Crippen LogP contribution in [-0.4, -0.2) is 27.5 Å². The van der Waals surface area contributed by atoms with Gasteiger partial charge in [-0.25, -0.2) is 9.78 Å². The van der Waals surface area contributed by atoms with E-state index in [-0.39, 0.29) is 36.3 Å². The van der Waals surface area contributed by atoms with Crippen molar-refractivity contribution < 1.29 is 28.3 Å². The van der Waals surface area contributed by atoms with E-state index in [1.54, 1.807) is 24.7 Å². The molecule has 0 bridgehead atoms. The highest BCUT2D eigenvalue weighted by Gasteiger charge is 2.49. The van der Waals surface area contributed by atoms with Crippen LogP contribution in [0.3, 0.4) is 0 Å². The minimum Gasteiger partial charge on any atom is -0.496 e. The second-order valence-electron chi connectivity index (χ2n) is 8.51. The molecule has 0 spiro atoms. The predicted molar refractivity (Wildman–Crippen MR) is 125 cm³/mol. The van der Waals surface area contributed by atoms with Crippen LogP contribution in [0.15, 0.2) is 29.1 Å². The number of carbonyl (C=O) groups excluding carboxylic acids is 1. The Kier molecular flexibility index (Phi) is 5.59. The summed E-state index contributed by atoms with van der Waals surface area (Å²) < 4.78 is 29.5. The van der Waals surface area contributed by atoms with E-state index >= 15 is 0 Å². The van der Waals surface area contributed by atoms with Crippen molar-refractivity contribution in [2.24, 2.45) is 0 Å². The van der Waals surface area contributed by atoms with Gasteiger partial charge in [-0.3, -0.25) is 13.9 Å². The summed E-state index contributed by atoms with van der Waals surface area (Å²) in [6.45, 7) is 3.79. The quantitative estimate of drug-likeness (QED) is 0.327. The maximum absolute atomic E-state index is 13.5. The number of cyclic esters (lactones) is 1. The Morgan fingerprint density at radius 1 is 1.24 bits per heavy atom. The lowest BCUT2D eigenvalue weighted by Gasteiger charge is -2.34. The van der Waals surface area contributed by atoms with E-state index < -0.39 is 19.8 Å². The van der Waals surface area contributed by atoms with E-state index in [9.17, 15) is 19.0 Å². The SMILES string of the molecule is CCCc1ccc2nc3c(c(OC)c2c1)Cn1c-3cc2c(c1=O)COC(=O)[C@@]2(CC)O[PH](=O)O. The summed E-state index contributed by atoms with van der Waals surface area (Å²) >= 11 is 0. The molecule has 2 aliphatic heterocycles. The van der Waals surface area contributed by atoms with Gasteiger partial charge in [0, 0.05) is 16.5 Å². The number of carbonyl (C=O) groups is 1. The van der Waals surface area contributed by atoms with Crippen LogP contribution >= 0.6 is 8.25 Å². The number of pyridine rings is 2. The van der Waals surface area contributed by atoms with E-state index in [2.05, 4.69) is 13.0 Å². The summed E-state index contributed by atoms with van der Waals surface area (Å²) in [6, 6.07) is 7.71. The molecule has 0 radical (unpaired) electrons. The minimum atomic E-state index is -3.51. The Hall–Kier alpha value is -3.00. The van der Waals surface area contributed by atoms with E-state index in [4.69, 9.17) is 19.0 Å². The van der Waals surface area contributed by atoms with Gasteiger partial charge in [-0.05, 0) is 36.6 Å². The Balaban J connectivity index is 1.77. The maximum Gasteiger partial charge on any atom is 0.344 e. The molecule has 0 saturated heterocycles. The fourth-order valence-electron chi connectivity index (χ4n) is 5.07. The highest BCUT2D eigenvalue weighted by Crippen LogP contribution is 2.46. The number of esters is 1. The van der Waals surface area contributed by atoms with E-state index in [0.29, 0.717) is 17.1 Å². The van der Waals surface area contributed by atoms with Gasteiger partial charge in [0.25, 0.3) is 5.56 Å². The van der Waals surface area contributed by atoms with Gasteiger partial charge < -0.3 is 18.9 Å². The number of rotatable bonds is 6. The molecule has 178 valence electrons. The molecule has 9 nitrogen and oxygen atoms in total. The summed E-state index contributed by atoms with van der Waals surface area (Å²) in [4.78, 5) is 40.6. The molecular weight excluding hydrogens is 459 g/mol. The molecule has 2 atom stereocenters. The standard InChI is InChI=1S/C24H25N2O7P/c1-4-6-13-7-8-18-14(9-13)21(31-3)15-11-26-19(20(15)25-18)10-17-16(22(26)27)12-32-23(28)24(17,5-2)33-34(29)30/h7-10,34H,4-6,11-12H2,1-3H3,(H,29,30)/t24-/m0/s1. The predicted octanol–water partition coefficient (Wildman–Crippen LogP) is 3.45. The molecule has 3 aromatic rings. The molecule has 1 N–H and O–H groups in total. The van der Waals surface area contributed by atoms with Crippen LogP contribution in [0.1, 0.15) is 48.9 Å². The van der Waals surface area contributed by atoms with Gasteiger partial charge in [0.05, 0.1) is 36.1 Å². The second kappa shape index (κ2) is 8.34. The molecule has 5 rings (SSSR count). The topological polar surface area (TPSA) is 117 Å². The third-order valence-corrected chi connectivity index (χ3v) is 7.19. The Morgan fingerprint density at radius 2 is 2.03 bits per heavy atom. The van der Waals surface area contributed by atoms with E-state index in [1.165, 1.54) is 5.56 Å². The first-order valence-corrected chi connectivity index (χ1v) is 12.5. The summed E-state index contributed by atoms with van der Waals surface area (Å²) in [5, 5.41) is 0.876. The number of nitrogens with zero attached hydrogens (tertiary/aromatic N) is 2. The van der Waals surface area contributed by atoms with Gasteiger partial charge in [-0.2, -0.15) is 0 Å². The van der Waals surface area contributed by atoms with Crippen molar-refractivity contribution in [1.82, 2.24) is 9.55 Å². The van der Waals surface area contributed by atoms with Crippen LogP contribution in [0, 0.1) is 0 Å². The highest BCUT2D eigenvalue weighted by atomic mass is 31.1. The minimum absolute atomic E-state index is 0.0280. The van der Waals surface area contributed by atoms with Crippen molar-refractivity contribution in [2.45, 2.75) is 51.9 Å². The number of hydrogen-bond acceptors (Lipinski definition) is 7. The van der Waals surface area contributed by atoms with Gasteiger partial charge in [0.15, 0.2) is 5.60 Å². The van der Waals surface area contributed by atoms with Crippen LogP contribution in [0.2, 0.25) is 0 Å². The molecular formula is C24H25N2O7P. The first kappa shape index (κ1) is 22.8. The molecule has 2 aliphatic rings. The Morgan fingerprint density at radius 3 is 2.71 bits per heavy atom. The molecule has 1 aromatic carbocycles. The van der Waals surface area contributed by atoms with E-state index in [1.807, 2.05) is 12.1 Å². The molecule has 4 heterocycles. The first-order valence-electron chi connectivity index (χ1n) is 11.2. The van der Waals surface area contributed by atoms with Crippen molar-refractivity contribution in [1.29, 1.82) is 0 Å². The molecule has 0 aliphatic carbocycles. The molecule has 0 amide bonds. The number of fused-ring (bicyclic) bond motifs is 5. The lowest BCUT2D eigenvalue weighted by Crippen LogP contribution is -2.45. The Bertz CT molecular complexity index is 1430. The molecule has 0 fully saturated rings. The number of aryl methyl sites for hydroxylation is 1. The monoisotopic (exact) mass is 484 g/mol. The fraction of sp³-hybridized carbons (Fsp3) is 0.375. The third-order valence-electron chi connectivity index (χ3n) is 6.67. The van der Waals surface area contributed by atoms with E-state index in [0.717, 1.165) is 29.3 Å². The average Bonchev–Trinajstić information content (AvgIpc) is 3.18. The van der Waals surface area contributed by atoms with Crippen molar-refractivity contribution in [2.75, 3.05) is 7.11 Å². The van der Waals surface area contributed by atoms with Crippen molar-refractivity contribution in [3.05, 3.63) is 56.9 Å². The first-order chi connectivity index (χ1) is 16.3. The maximum atomic E-state index is 13.5. The molecule has 1 unspecified atom stereocenters. The van der Waals surface area contributed by atoms with Gasteiger partial charge in [-0.1, -0.05) is 26.3 Å². The molecule has 0 saturated carbocycles. The van der Waals surface area contributed by atoms with Crippen molar-refractivity contribution in [3.63, 3.8) is 0 Å². The zero-order chi connectivity index (χ0) is 24.2. The second-order valence-corrected chi connectivity index (χ2v) is 9.25. The summed E-state index contributed by atoms with van der Waals surface area (Å²) in [6.07, 6.45) is 1.98. The summed E-state index contributed by atoms with van der Waals surface area (Å²) in [7, 11) is -1.91. The number of hydrogen-bond donors (Lipinski definition) is 1. The number of methoxy groups -OCH3 is 1.